The molecule has 0 aromatic carbocycles. The van der Waals surface area contributed by atoms with Crippen molar-refractivity contribution in [3.63, 3.8) is 0 Å². The monoisotopic (exact) mass is 298 g/mol. The normalized spacial score (nSPS) is 8.29. The molecule has 7 heteroatoms. The van der Waals surface area contributed by atoms with Crippen LogP contribution in [-0.2, 0) is 21.2 Å². The maximum atomic E-state index is 8.82. The van der Waals surface area contributed by atoms with Crippen LogP contribution in [-0.4, -0.2) is 99.3 Å². The first kappa shape index (κ1) is 16.5. The Bertz CT molecular complexity index is 103. The topological polar surface area (TPSA) is 74.6 Å². The first-order chi connectivity index (χ1) is 2.00. The van der Waals surface area contributed by atoms with Crippen LogP contribution in [0.1, 0.15) is 5.71 Å². The van der Waals surface area contributed by atoms with Crippen LogP contribution in [0.4, 0.5) is 0 Å². The summed E-state index contributed by atoms with van der Waals surface area (Å²) in [6.07, 6.45) is 0. The fraction of sp³-hybridized carbons (Fsp3) is 0. The average molecular weight is 297 g/mol. The molecule has 4 nitrogen and oxygen atoms in total. The van der Waals surface area contributed by atoms with Gasteiger partial charge < -0.3 is 5.71 Å². The molecule has 0 bridgehead atoms. The number of hydrogen-bond donors (Lipinski definition) is 2. The summed E-state index contributed by atoms with van der Waals surface area (Å²) in [7, 11) is 0. The zero-order valence-corrected chi connectivity index (χ0v) is 11.8. The van der Waals surface area contributed by atoms with Gasteiger partial charge in [-0.25, -0.2) is 0 Å². The Morgan fingerprint density at radius 2 is 1.14 bits per heavy atom. The first-order valence-corrected chi connectivity index (χ1v) is 2.88. The quantitative estimate of drug-likeness (QED) is 0.525. The third-order valence-electron chi connectivity index (χ3n) is 0. The van der Waals surface area contributed by atoms with E-state index >= 15 is 0 Å². The predicted octanol–water partition coefficient (Wildman–Crippen LogP) is -1.67. The van der Waals surface area contributed by atoms with Gasteiger partial charge in [-0.05, 0) is 0 Å². The van der Waals surface area contributed by atoms with E-state index < -0.39 is 13.6 Å². The van der Waals surface area contributed by atoms with E-state index in [-0.39, 0.29) is 96.7 Å². The van der Waals surface area contributed by atoms with Gasteiger partial charge in [-0.15, -0.1) is 0 Å². The van der Waals surface area contributed by atoms with Crippen LogP contribution in [0.5, 0.6) is 0 Å². The minimum atomic E-state index is -5.25. The van der Waals surface area contributed by atoms with E-state index in [0.29, 0.717) is 0 Å². The predicted molar refractivity (Wildman–Crippen MR) is 21.8 cm³/mol. The summed E-state index contributed by atoms with van der Waals surface area (Å²) in [4.78, 5) is 0. The van der Waals surface area contributed by atoms with Crippen molar-refractivity contribution in [3.05, 3.63) is 0 Å². The van der Waals surface area contributed by atoms with E-state index in [1.54, 1.807) is 0 Å². The Morgan fingerprint density at radius 1 is 1.14 bits per heavy atom. The maximum Gasteiger partial charge on any atom is 2.00 e. The molecular formula is H6CrO4Sr2. The minimum absolute atomic E-state index is 0. The Balaban J connectivity index is -0.00000000533. The van der Waals surface area contributed by atoms with Crippen molar-refractivity contribution in [1.82, 2.24) is 0 Å². The third-order valence-corrected chi connectivity index (χ3v) is 0. The number of rotatable bonds is 0. The van der Waals surface area contributed by atoms with Gasteiger partial charge in [0.15, 0.2) is 0 Å². The van der Waals surface area contributed by atoms with Crippen LogP contribution < -0.4 is 0 Å². The van der Waals surface area contributed by atoms with Crippen LogP contribution in [0.15, 0.2) is 0 Å². The smallest absolute Gasteiger partial charge is 2.00 e. The Labute approximate surface area is 123 Å². The summed E-state index contributed by atoms with van der Waals surface area (Å²) in [6.45, 7) is 0. The molecule has 0 aromatic rings. The average Bonchev–Trinajstić information content (AvgIpc) is 0.722. The molecule has 0 heterocycles. The molecule has 0 aliphatic heterocycles. The van der Waals surface area contributed by atoms with Gasteiger partial charge in [0.05, 0.1) is 0 Å². The second kappa shape index (κ2) is 7.12. The summed E-state index contributed by atoms with van der Waals surface area (Å²) >= 11 is -5.25. The molecule has 0 atom stereocenters. The van der Waals surface area contributed by atoms with Crippen molar-refractivity contribution in [3.8, 4) is 0 Å². The molecule has 0 spiro atoms. The standard InChI is InChI=1S/Cr.2H2O.2O.2Sr.4H/h;2*1H2;;;;;;;;/q+2;;;;;2*+2;4*-1/p-2. The van der Waals surface area contributed by atoms with Gasteiger partial charge in [-0.2, -0.15) is 0 Å². The molecule has 0 amide bonds. The molecule has 0 aromatic heterocycles. The van der Waals surface area contributed by atoms with Crippen LogP contribution in [0.2, 0.25) is 0 Å². The Kier molecular flexibility index (Phi) is 16.8. The van der Waals surface area contributed by atoms with Crippen molar-refractivity contribution in [2.45, 2.75) is 0 Å². The van der Waals surface area contributed by atoms with Crippen molar-refractivity contribution in [1.29, 1.82) is 0 Å². The van der Waals surface area contributed by atoms with Crippen molar-refractivity contribution >= 4 is 91.0 Å². The van der Waals surface area contributed by atoms with E-state index in [9.17, 15) is 0 Å². The Morgan fingerprint density at radius 3 is 1.14 bits per heavy atom. The third kappa shape index (κ3) is 48.8. The zero-order chi connectivity index (χ0) is 4.50. The van der Waals surface area contributed by atoms with Crippen molar-refractivity contribution in [2.24, 2.45) is 0 Å². The van der Waals surface area contributed by atoms with Gasteiger partial charge in [0.2, 0.25) is 0 Å². The van der Waals surface area contributed by atoms with E-state index in [2.05, 4.69) is 0 Å². The van der Waals surface area contributed by atoms with Crippen LogP contribution in [0, 0.1) is 0 Å². The summed E-state index contributed by atoms with van der Waals surface area (Å²) in [5.74, 6) is 0. The molecule has 0 rings (SSSR count). The van der Waals surface area contributed by atoms with Gasteiger partial charge in [0, 0.05) is 0 Å². The van der Waals surface area contributed by atoms with Gasteiger partial charge in [-0.3, -0.25) is 0 Å². The molecule has 0 unspecified atom stereocenters. The summed E-state index contributed by atoms with van der Waals surface area (Å²) in [5.41, 5.74) is 0. The van der Waals surface area contributed by atoms with Gasteiger partial charge in [0.25, 0.3) is 0 Å². The molecule has 0 aliphatic rings. The Hall–Kier alpha value is 3.01. The fourth-order valence-electron chi connectivity index (χ4n) is 0. The van der Waals surface area contributed by atoms with Crippen LogP contribution >= 0.6 is 0 Å². The second-order valence-corrected chi connectivity index (χ2v) is 1.85. The van der Waals surface area contributed by atoms with E-state index in [1.807, 2.05) is 0 Å². The molecule has 0 fully saturated rings. The molecule has 0 saturated heterocycles. The number of hydrogen-bond acceptors (Lipinski definition) is 2. The van der Waals surface area contributed by atoms with Gasteiger partial charge in [0.1, 0.15) is 0 Å². The molecule has 0 aliphatic carbocycles. The van der Waals surface area contributed by atoms with Crippen LogP contribution in [0.3, 0.4) is 0 Å². The largest absolute Gasteiger partial charge is 2.00 e. The van der Waals surface area contributed by atoms with Crippen molar-refractivity contribution < 1.29 is 35.2 Å². The van der Waals surface area contributed by atoms with E-state index in [0.717, 1.165) is 0 Å². The SMILES string of the molecule is [H-].[H-].[H-].[H-].[O]=[Cr](=[O])([OH])[OH].[Sr+2].[Sr+2]. The van der Waals surface area contributed by atoms with E-state index in [1.165, 1.54) is 0 Å². The minimum Gasteiger partial charge on any atom is 2.00 e. The molecule has 7 heavy (non-hydrogen) atoms. The molecular weight excluding hydrogens is 291 g/mol. The fourth-order valence-corrected chi connectivity index (χ4v) is 0. The zero-order valence-electron chi connectivity index (χ0n) is 7.53. The second-order valence-electron chi connectivity index (χ2n) is 0.448. The van der Waals surface area contributed by atoms with Gasteiger partial charge >= 0.3 is 121 Å². The summed E-state index contributed by atoms with van der Waals surface area (Å²) in [6, 6.07) is 0. The maximum absolute atomic E-state index is 8.82. The molecule has 2 N–H and O–H groups in total. The molecule has 40 valence electrons. The van der Waals surface area contributed by atoms with Gasteiger partial charge in [-0.1, -0.05) is 0 Å². The van der Waals surface area contributed by atoms with Crippen LogP contribution in [0.25, 0.3) is 0 Å². The summed E-state index contributed by atoms with van der Waals surface area (Å²) in [5, 5.41) is 0. The van der Waals surface area contributed by atoms with E-state index in [4.69, 9.17) is 15.9 Å². The van der Waals surface area contributed by atoms with Crippen molar-refractivity contribution in [2.75, 3.05) is 0 Å². The molecule has 0 saturated carbocycles. The first-order valence-electron chi connectivity index (χ1n) is 0.698. The summed E-state index contributed by atoms with van der Waals surface area (Å²) < 4.78 is 31.9. The molecule has 0 radical (unpaired) electrons.